The first-order valence-corrected chi connectivity index (χ1v) is 9.98. The first-order valence-electron chi connectivity index (χ1n) is 9.98. The van der Waals surface area contributed by atoms with Crippen LogP contribution >= 0.6 is 0 Å². The average Bonchev–Trinajstić information content (AvgIpc) is 3.22. The zero-order valence-corrected chi connectivity index (χ0v) is 16.5. The number of aryl methyl sites for hydroxylation is 1. The second-order valence-corrected chi connectivity index (χ2v) is 7.74. The largest absolute Gasteiger partial charge is 0.374 e. The van der Waals surface area contributed by atoms with Gasteiger partial charge in [-0.3, -0.25) is 4.79 Å². The topological polar surface area (TPSA) is 86.3 Å². The molecule has 0 bridgehead atoms. The number of benzene rings is 1. The minimum absolute atomic E-state index is 0.0635. The van der Waals surface area contributed by atoms with E-state index in [0.717, 1.165) is 29.9 Å². The third-order valence-electron chi connectivity index (χ3n) is 5.60. The smallest absolute Gasteiger partial charge is 0.254 e. The summed E-state index contributed by atoms with van der Waals surface area (Å²) in [4.78, 5) is 19.8. The number of rotatable bonds is 4. The van der Waals surface area contributed by atoms with E-state index in [-0.39, 0.29) is 18.1 Å². The standard InChI is InChI=1S/C21H23N5O3/c1-13-12-16(6-7-17(13)26-9-3-8-22-26)21(27)25-10-11-28-14(2)18(25)20-23-19(24-29-20)15-4-5-15/h3,6-9,12,14-15,18H,4-5,10-11H2,1-2H3/t14-,18+/m1/s1. The van der Waals surface area contributed by atoms with Crippen LogP contribution in [0.3, 0.4) is 0 Å². The van der Waals surface area contributed by atoms with Crippen LogP contribution in [-0.2, 0) is 4.74 Å². The zero-order chi connectivity index (χ0) is 20.0. The molecule has 1 aliphatic carbocycles. The number of amides is 1. The molecule has 1 aromatic carbocycles. The molecule has 8 nitrogen and oxygen atoms in total. The second kappa shape index (κ2) is 7.11. The molecule has 0 unspecified atom stereocenters. The van der Waals surface area contributed by atoms with E-state index in [2.05, 4.69) is 15.2 Å². The molecule has 150 valence electrons. The summed E-state index contributed by atoms with van der Waals surface area (Å²) in [7, 11) is 0. The third-order valence-corrected chi connectivity index (χ3v) is 5.60. The van der Waals surface area contributed by atoms with Crippen LogP contribution in [0.5, 0.6) is 0 Å². The van der Waals surface area contributed by atoms with Crippen molar-refractivity contribution in [3.8, 4) is 5.69 Å². The SMILES string of the molecule is Cc1cc(C(=O)N2CCO[C@H](C)[C@H]2c2nc(C3CC3)no2)ccc1-n1cccn1. The van der Waals surface area contributed by atoms with Crippen LogP contribution in [0.15, 0.2) is 41.2 Å². The van der Waals surface area contributed by atoms with Gasteiger partial charge < -0.3 is 14.2 Å². The van der Waals surface area contributed by atoms with E-state index in [0.29, 0.717) is 30.5 Å². The van der Waals surface area contributed by atoms with Crippen LogP contribution in [0.2, 0.25) is 0 Å². The Hall–Kier alpha value is -3.00. The van der Waals surface area contributed by atoms with Gasteiger partial charge in [0.25, 0.3) is 11.8 Å². The van der Waals surface area contributed by atoms with E-state index >= 15 is 0 Å². The Kier molecular flexibility index (Phi) is 4.43. The van der Waals surface area contributed by atoms with Crippen LogP contribution in [0, 0.1) is 6.92 Å². The van der Waals surface area contributed by atoms with Crippen molar-refractivity contribution in [1.29, 1.82) is 0 Å². The lowest BCUT2D eigenvalue weighted by Gasteiger charge is -2.37. The van der Waals surface area contributed by atoms with Gasteiger partial charge >= 0.3 is 0 Å². The van der Waals surface area contributed by atoms with Crippen molar-refractivity contribution in [2.45, 2.75) is 44.8 Å². The molecule has 1 amide bonds. The lowest BCUT2D eigenvalue weighted by molar-refractivity contribution is -0.0600. The Bertz CT molecular complexity index is 1020. The van der Waals surface area contributed by atoms with Crippen LogP contribution in [0.1, 0.15) is 59.4 Å². The van der Waals surface area contributed by atoms with Gasteiger partial charge in [0.15, 0.2) is 5.82 Å². The fraction of sp³-hybridized carbons (Fsp3) is 0.429. The molecular weight excluding hydrogens is 370 g/mol. The molecule has 1 saturated heterocycles. The number of ether oxygens (including phenoxy) is 1. The Morgan fingerprint density at radius 1 is 1.28 bits per heavy atom. The highest BCUT2D eigenvalue weighted by molar-refractivity contribution is 5.95. The summed E-state index contributed by atoms with van der Waals surface area (Å²) in [6.45, 7) is 4.89. The Labute approximate surface area is 168 Å². The summed E-state index contributed by atoms with van der Waals surface area (Å²) in [6.07, 6.45) is 5.60. The lowest BCUT2D eigenvalue weighted by atomic mass is 10.0. The minimum atomic E-state index is -0.387. The molecular formula is C21H23N5O3. The summed E-state index contributed by atoms with van der Waals surface area (Å²) >= 11 is 0. The molecule has 1 saturated carbocycles. The van der Waals surface area contributed by atoms with Crippen LogP contribution in [0.4, 0.5) is 0 Å². The van der Waals surface area contributed by atoms with Gasteiger partial charge in [-0.05, 0) is 56.5 Å². The van der Waals surface area contributed by atoms with Gasteiger partial charge in [0, 0.05) is 30.4 Å². The summed E-state index contributed by atoms with van der Waals surface area (Å²) in [6, 6.07) is 7.15. The van der Waals surface area contributed by atoms with Crippen LogP contribution in [0.25, 0.3) is 5.69 Å². The Morgan fingerprint density at radius 2 is 2.14 bits per heavy atom. The fourth-order valence-corrected chi connectivity index (χ4v) is 3.88. The minimum Gasteiger partial charge on any atom is -0.374 e. The fourth-order valence-electron chi connectivity index (χ4n) is 3.88. The number of morpholine rings is 1. The van der Waals surface area contributed by atoms with Crippen LogP contribution in [-0.4, -0.2) is 50.0 Å². The maximum Gasteiger partial charge on any atom is 0.254 e. The number of carbonyl (C=O) groups excluding carboxylic acids is 1. The number of nitrogens with zero attached hydrogens (tertiary/aromatic N) is 5. The summed E-state index contributed by atoms with van der Waals surface area (Å²) in [5.74, 6) is 1.53. The van der Waals surface area contributed by atoms with E-state index < -0.39 is 0 Å². The van der Waals surface area contributed by atoms with E-state index in [1.54, 1.807) is 15.8 Å². The first-order chi connectivity index (χ1) is 14.1. The highest BCUT2D eigenvalue weighted by Crippen LogP contribution is 2.39. The van der Waals surface area contributed by atoms with Crippen molar-refractivity contribution in [3.63, 3.8) is 0 Å². The molecule has 0 N–H and O–H groups in total. The third kappa shape index (κ3) is 3.33. The lowest BCUT2D eigenvalue weighted by Crippen LogP contribution is -2.47. The first kappa shape index (κ1) is 18.1. The zero-order valence-electron chi connectivity index (χ0n) is 16.5. The van der Waals surface area contributed by atoms with Gasteiger partial charge in [0.1, 0.15) is 6.04 Å². The molecule has 5 rings (SSSR count). The van der Waals surface area contributed by atoms with E-state index in [4.69, 9.17) is 9.26 Å². The Balaban J connectivity index is 1.44. The summed E-state index contributed by atoms with van der Waals surface area (Å²) in [5, 5.41) is 8.39. The maximum absolute atomic E-state index is 13.4. The molecule has 2 fully saturated rings. The van der Waals surface area contributed by atoms with Crippen molar-refractivity contribution in [3.05, 3.63) is 59.5 Å². The van der Waals surface area contributed by atoms with Crippen molar-refractivity contribution >= 4 is 5.91 Å². The average molecular weight is 393 g/mol. The molecule has 2 aromatic heterocycles. The normalized spacial score (nSPS) is 22.1. The molecule has 1 aliphatic heterocycles. The Morgan fingerprint density at radius 3 is 2.86 bits per heavy atom. The second-order valence-electron chi connectivity index (χ2n) is 7.74. The molecule has 0 spiro atoms. The highest BCUT2D eigenvalue weighted by atomic mass is 16.5. The van der Waals surface area contributed by atoms with Gasteiger partial charge in [-0.2, -0.15) is 10.1 Å². The number of carbonyl (C=O) groups is 1. The number of hydrogen-bond donors (Lipinski definition) is 0. The molecule has 0 radical (unpaired) electrons. The predicted octanol–water partition coefficient (Wildman–Crippen LogP) is 3.04. The van der Waals surface area contributed by atoms with Crippen molar-refractivity contribution in [2.24, 2.45) is 0 Å². The van der Waals surface area contributed by atoms with Gasteiger partial charge in [0.05, 0.1) is 18.4 Å². The number of aromatic nitrogens is 4. The van der Waals surface area contributed by atoms with Crippen molar-refractivity contribution < 1.29 is 14.1 Å². The maximum atomic E-state index is 13.4. The van der Waals surface area contributed by atoms with E-state index in [1.807, 2.05) is 44.3 Å². The van der Waals surface area contributed by atoms with Gasteiger partial charge in [-0.1, -0.05) is 5.16 Å². The number of hydrogen-bond acceptors (Lipinski definition) is 6. The van der Waals surface area contributed by atoms with Gasteiger partial charge in [-0.15, -0.1) is 0 Å². The summed E-state index contributed by atoms with van der Waals surface area (Å²) in [5.41, 5.74) is 2.55. The molecule has 29 heavy (non-hydrogen) atoms. The highest BCUT2D eigenvalue weighted by Gasteiger charge is 2.39. The molecule has 2 atom stereocenters. The molecule has 3 aromatic rings. The molecule has 3 heterocycles. The monoisotopic (exact) mass is 393 g/mol. The van der Waals surface area contributed by atoms with E-state index in [9.17, 15) is 4.79 Å². The van der Waals surface area contributed by atoms with Gasteiger partial charge in [0.2, 0.25) is 0 Å². The quantitative estimate of drug-likeness (QED) is 0.677. The predicted molar refractivity (Wildman–Crippen MR) is 104 cm³/mol. The van der Waals surface area contributed by atoms with Gasteiger partial charge in [-0.25, -0.2) is 4.68 Å². The van der Waals surface area contributed by atoms with Crippen LogP contribution < -0.4 is 0 Å². The molecule has 8 heteroatoms. The molecule has 2 aliphatic rings. The van der Waals surface area contributed by atoms with Crippen molar-refractivity contribution in [2.75, 3.05) is 13.2 Å². The van der Waals surface area contributed by atoms with Crippen molar-refractivity contribution in [1.82, 2.24) is 24.8 Å². The van der Waals surface area contributed by atoms with E-state index in [1.165, 1.54) is 0 Å². The summed E-state index contributed by atoms with van der Waals surface area (Å²) < 4.78 is 13.1.